The predicted molar refractivity (Wildman–Crippen MR) is 76.5 cm³/mol. The molecule has 7 heteroatoms. The molecule has 0 bridgehead atoms. The maximum atomic E-state index is 12.3. The van der Waals surface area contributed by atoms with E-state index >= 15 is 0 Å². The lowest BCUT2D eigenvalue weighted by Crippen LogP contribution is -2.00. The number of hydrogen-bond donors (Lipinski definition) is 1. The van der Waals surface area contributed by atoms with Gasteiger partial charge in [0.25, 0.3) is 0 Å². The van der Waals surface area contributed by atoms with E-state index in [2.05, 4.69) is 5.10 Å². The third-order valence-electron chi connectivity index (χ3n) is 2.91. The molecule has 0 radical (unpaired) electrons. The first-order valence-corrected chi connectivity index (χ1v) is 7.49. The average Bonchev–Trinajstić information content (AvgIpc) is 2.65. The monoisotopic (exact) mass is 312 g/mol. The van der Waals surface area contributed by atoms with E-state index in [0.717, 1.165) is 11.3 Å². The minimum Gasteiger partial charge on any atom is -0.478 e. The summed E-state index contributed by atoms with van der Waals surface area (Å²) in [7, 11) is 0.432. The molecule has 2 aromatic rings. The quantitative estimate of drug-likeness (QED) is 0.941. The van der Waals surface area contributed by atoms with Crippen LogP contribution in [0.4, 0.5) is 0 Å². The highest BCUT2D eigenvalue weighted by molar-refractivity contribution is 7.84. The van der Waals surface area contributed by atoms with Crippen molar-refractivity contribution in [2.75, 3.05) is 0 Å². The van der Waals surface area contributed by atoms with E-state index in [9.17, 15) is 9.00 Å². The van der Waals surface area contributed by atoms with Crippen molar-refractivity contribution in [3.05, 3.63) is 46.2 Å². The maximum absolute atomic E-state index is 12.3. The maximum Gasteiger partial charge on any atom is 0.335 e. The number of aryl methyl sites for hydroxylation is 2. The van der Waals surface area contributed by atoms with Crippen molar-refractivity contribution in [2.45, 2.75) is 17.6 Å². The van der Waals surface area contributed by atoms with Crippen molar-refractivity contribution >= 4 is 28.4 Å². The summed E-state index contributed by atoms with van der Waals surface area (Å²) in [6, 6.07) is 5.99. The molecule has 0 saturated carbocycles. The Morgan fingerprint density at radius 2 is 2.00 bits per heavy atom. The molecule has 106 valence electrons. The van der Waals surface area contributed by atoms with E-state index < -0.39 is 16.8 Å². The van der Waals surface area contributed by atoms with Crippen LogP contribution in [0.1, 0.15) is 21.6 Å². The molecule has 2 rings (SSSR count). The zero-order chi connectivity index (χ0) is 14.9. The number of carboxylic acid groups (broad SMARTS) is 1. The van der Waals surface area contributed by atoms with E-state index in [1.54, 1.807) is 19.2 Å². The highest BCUT2D eigenvalue weighted by Crippen LogP contribution is 2.22. The van der Waals surface area contributed by atoms with Gasteiger partial charge in [-0.15, -0.1) is 0 Å². The fourth-order valence-electron chi connectivity index (χ4n) is 1.80. The lowest BCUT2D eigenvalue weighted by Gasteiger charge is -2.03. The molecule has 1 aromatic carbocycles. The number of aromatic carboxylic acids is 1. The van der Waals surface area contributed by atoms with E-state index in [1.807, 2.05) is 6.92 Å². The number of benzene rings is 1. The highest BCUT2D eigenvalue weighted by Gasteiger charge is 2.15. The Hall–Kier alpha value is -1.66. The van der Waals surface area contributed by atoms with Gasteiger partial charge in [0.15, 0.2) is 0 Å². The summed E-state index contributed by atoms with van der Waals surface area (Å²) in [5, 5.41) is 13.5. The summed E-state index contributed by atoms with van der Waals surface area (Å²) < 4.78 is 13.8. The van der Waals surface area contributed by atoms with Gasteiger partial charge >= 0.3 is 5.97 Å². The third-order valence-corrected chi connectivity index (χ3v) is 4.73. The standard InChI is InChI=1S/C13H13ClN2O3S/c1-8-11(12(14)16(2)15-8)7-20(19)10-5-3-9(4-6-10)13(17)18/h3-6H,7H2,1-2H3,(H,17,18). The number of carbonyl (C=O) groups is 1. The molecule has 0 aliphatic rings. The van der Waals surface area contributed by atoms with Gasteiger partial charge in [-0.2, -0.15) is 5.10 Å². The molecular formula is C13H13ClN2O3S. The van der Waals surface area contributed by atoms with Crippen molar-refractivity contribution in [1.82, 2.24) is 9.78 Å². The van der Waals surface area contributed by atoms with Crippen LogP contribution in [0.5, 0.6) is 0 Å². The molecule has 0 spiro atoms. The van der Waals surface area contributed by atoms with Crippen LogP contribution < -0.4 is 0 Å². The Morgan fingerprint density at radius 1 is 1.40 bits per heavy atom. The van der Waals surface area contributed by atoms with Crippen molar-refractivity contribution in [3.63, 3.8) is 0 Å². The molecule has 5 nitrogen and oxygen atoms in total. The van der Waals surface area contributed by atoms with Gasteiger partial charge in [0.05, 0.1) is 27.8 Å². The van der Waals surface area contributed by atoms with Crippen molar-refractivity contribution in [3.8, 4) is 0 Å². The third kappa shape index (κ3) is 2.91. The Balaban J connectivity index is 2.22. The SMILES string of the molecule is Cc1nn(C)c(Cl)c1CS(=O)c1ccc(C(=O)O)cc1. The molecular weight excluding hydrogens is 300 g/mol. The zero-order valence-electron chi connectivity index (χ0n) is 11.0. The van der Waals surface area contributed by atoms with Crippen LogP contribution >= 0.6 is 11.6 Å². The first-order chi connectivity index (χ1) is 9.40. The number of halogens is 1. The Kier molecular flexibility index (Phi) is 4.25. The molecule has 1 heterocycles. The van der Waals surface area contributed by atoms with Crippen LogP contribution in [-0.2, 0) is 23.6 Å². The van der Waals surface area contributed by atoms with Crippen LogP contribution in [0.25, 0.3) is 0 Å². The highest BCUT2D eigenvalue weighted by atomic mass is 35.5. The number of carboxylic acids is 1. The Bertz CT molecular complexity index is 680. The van der Waals surface area contributed by atoms with Gasteiger partial charge in [-0.1, -0.05) is 11.6 Å². The molecule has 20 heavy (non-hydrogen) atoms. The second-order valence-corrected chi connectivity index (χ2v) is 6.11. The van der Waals surface area contributed by atoms with Gasteiger partial charge < -0.3 is 5.11 Å². The van der Waals surface area contributed by atoms with Gasteiger partial charge in [-0.25, -0.2) is 4.79 Å². The normalized spacial score (nSPS) is 12.3. The van der Waals surface area contributed by atoms with Crippen molar-refractivity contribution in [1.29, 1.82) is 0 Å². The second-order valence-electron chi connectivity index (χ2n) is 4.30. The summed E-state index contributed by atoms with van der Waals surface area (Å²) in [5.74, 6) is -0.751. The Labute approximate surface area is 123 Å². The predicted octanol–water partition coefficient (Wildman–Crippen LogP) is 2.39. The average molecular weight is 313 g/mol. The molecule has 1 unspecified atom stereocenters. The van der Waals surface area contributed by atoms with Gasteiger partial charge in [-0.3, -0.25) is 8.89 Å². The molecule has 0 saturated heterocycles. The first kappa shape index (κ1) is 14.7. The molecule has 0 aliphatic heterocycles. The van der Waals surface area contributed by atoms with Crippen LogP contribution in [0.2, 0.25) is 5.15 Å². The second kappa shape index (κ2) is 5.76. The van der Waals surface area contributed by atoms with Crippen molar-refractivity contribution in [2.24, 2.45) is 7.05 Å². The van der Waals surface area contributed by atoms with Gasteiger partial charge in [0, 0.05) is 17.5 Å². The lowest BCUT2D eigenvalue weighted by atomic mass is 10.2. The van der Waals surface area contributed by atoms with Crippen molar-refractivity contribution < 1.29 is 14.1 Å². The fourth-order valence-corrected chi connectivity index (χ4v) is 3.34. The van der Waals surface area contributed by atoms with Crippen LogP contribution in [-0.4, -0.2) is 25.1 Å². The van der Waals surface area contributed by atoms with Crippen LogP contribution in [0.15, 0.2) is 29.2 Å². The largest absolute Gasteiger partial charge is 0.478 e. The number of aromatic nitrogens is 2. The smallest absolute Gasteiger partial charge is 0.335 e. The van der Waals surface area contributed by atoms with E-state index in [4.69, 9.17) is 16.7 Å². The molecule has 0 aliphatic carbocycles. The molecule has 0 fully saturated rings. The molecule has 1 aromatic heterocycles. The summed E-state index contributed by atoms with van der Waals surface area (Å²) in [6.07, 6.45) is 0. The lowest BCUT2D eigenvalue weighted by molar-refractivity contribution is 0.0697. The van der Waals surface area contributed by atoms with Gasteiger partial charge in [0.1, 0.15) is 5.15 Å². The topological polar surface area (TPSA) is 72.2 Å². The molecule has 0 amide bonds. The first-order valence-electron chi connectivity index (χ1n) is 5.80. The van der Waals surface area contributed by atoms with E-state index in [1.165, 1.54) is 16.8 Å². The summed E-state index contributed by atoms with van der Waals surface area (Å²) >= 11 is 6.10. The zero-order valence-corrected chi connectivity index (χ0v) is 12.5. The van der Waals surface area contributed by atoms with Crippen LogP contribution in [0.3, 0.4) is 0 Å². The fraction of sp³-hybridized carbons (Fsp3) is 0.231. The minimum atomic E-state index is -1.29. The number of hydrogen-bond acceptors (Lipinski definition) is 3. The van der Waals surface area contributed by atoms with Gasteiger partial charge in [-0.05, 0) is 31.2 Å². The summed E-state index contributed by atoms with van der Waals surface area (Å²) in [4.78, 5) is 11.3. The minimum absolute atomic E-state index is 0.168. The molecule has 1 atom stereocenters. The summed E-state index contributed by atoms with van der Waals surface area (Å²) in [6.45, 7) is 1.81. The number of rotatable bonds is 4. The van der Waals surface area contributed by atoms with E-state index in [-0.39, 0.29) is 11.3 Å². The Morgan fingerprint density at radius 3 is 2.45 bits per heavy atom. The van der Waals surface area contributed by atoms with E-state index in [0.29, 0.717) is 10.0 Å². The van der Waals surface area contributed by atoms with Gasteiger partial charge in [0.2, 0.25) is 0 Å². The number of nitrogens with zero attached hydrogens (tertiary/aromatic N) is 2. The summed E-state index contributed by atoms with van der Waals surface area (Å²) in [5.41, 5.74) is 1.66. The molecule has 1 N–H and O–H groups in total. The van der Waals surface area contributed by atoms with Crippen LogP contribution in [0, 0.1) is 6.92 Å².